The lowest BCUT2D eigenvalue weighted by molar-refractivity contribution is -0.121. The van der Waals surface area contributed by atoms with Gasteiger partial charge in [0, 0.05) is 18.2 Å². The quantitative estimate of drug-likeness (QED) is 0.907. The first kappa shape index (κ1) is 14.7. The molecule has 0 bridgehead atoms. The van der Waals surface area contributed by atoms with Crippen molar-refractivity contribution in [1.29, 1.82) is 0 Å². The lowest BCUT2D eigenvalue weighted by atomic mass is 9.88. The van der Waals surface area contributed by atoms with E-state index in [0.717, 1.165) is 62.0 Å². The summed E-state index contributed by atoms with van der Waals surface area (Å²) in [7, 11) is 0. The minimum atomic E-state index is -0.0895. The Morgan fingerprint density at radius 1 is 1.17 bits per heavy atom. The summed E-state index contributed by atoms with van der Waals surface area (Å²) in [4.78, 5) is 26.8. The number of benzene rings is 1. The zero-order valence-electron chi connectivity index (χ0n) is 13.7. The molecule has 1 saturated carbocycles. The van der Waals surface area contributed by atoms with Crippen LogP contribution in [0.4, 0.5) is 11.4 Å². The number of carbonyl (C=O) groups is 2. The van der Waals surface area contributed by atoms with Crippen LogP contribution in [-0.2, 0) is 16.0 Å². The molecule has 1 aromatic rings. The maximum absolute atomic E-state index is 12.5. The summed E-state index contributed by atoms with van der Waals surface area (Å²) in [5, 5.41) is 3.12. The molecule has 3 aliphatic rings. The van der Waals surface area contributed by atoms with E-state index in [2.05, 4.69) is 11.4 Å². The van der Waals surface area contributed by atoms with Gasteiger partial charge in [-0.05, 0) is 55.9 Å². The highest BCUT2D eigenvalue weighted by atomic mass is 16.2. The number of hydrogen-bond donors (Lipinski definition) is 1. The molecule has 0 unspecified atom stereocenters. The fraction of sp³-hybridized carbons (Fsp3) is 0.579. The second-order valence-electron chi connectivity index (χ2n) is 7.21. The Balaban J connectivity index is 1.61. The molecule has 122 valence electrons. The Morgan fingerprint density at radius 3 is 2.74 bits per heavy atom. The van der Waals surface area contributed by atoms with Crippen molar-refractivity contribution in [2.75, 3.05) is 16.8 Å². The highest BCUT2D eigenvalue weighted by Crippen LogP contribution is 2.44. The smallest absolute Gasteiger partial charge is 0.234 e. The van der Waals surface area contributed by atoms with E-state index in [1.54, 1.807) is 0 Å². The Labute approximate surface area is 137 Å². The highest BCUT2D eigenvalue weighted by molar-refractivity contribution is 6.07. The Kier molecular flexibility index (Phi) is 3.63. The predicted molar refractivity (Wildman–Crippen MR) is 90.7 cm³/mol. The number of anilines is 2. The normalized spacial score (nSPS) is 23.8. The van der Waals surface area contributed by atoms with E-state index in [-0.39, 0.29) is 23.7 Å². The van der Waals surface area contributed by atoms with Gasteiger partial charge >= 0.3 is 0 Å². The van der Waals surface area contributed by atoms with Crippen LogP contribution in [0.3, 0.4) is 0 Å². The molecule has 0 spiro atoms. The minimum Gasteiger partial charge on any atom is -0.326 e. The fourth-order valence-corrected chi connectivity index (χ4v) is 4.38. The van der Waals surface area contributed by atoms with E-state index in [1.807, 2.05) is 17.9 Å². The first-order valence-corrected chi connectivity index (χ1v) is 8.94. The third-order valence-corrected chi connectivity index (χ3v) is 5.66. The van der Waals surface area contributed by atoms with Crippen molar-refractivity contribution >= 4 is 23.2 Å². The summed E-state index contributed by atoms with van der Waals surface area (Å²) in [5.41, 5.74) is 4.29. The van der Waals surface area contributed by atoms with Gasteiger partial charge in [0.25, 0.3) is 0 Å². The van der Waals surface area contributed by atoms with Crippen LogP contribution >= 0.6 is 0 Å². The average Bonchev–Trinajstić information content (AvgIpc) is 2.82. The molecule has 23 heavy (non-hydrogen) atoms. The molecule has 4 nitrogen and oxygen atoms in total. The van der Waals surface area contributed by atoms with Crippen LogP contribution in [0.15, 0.2) is 12.1 Å². The van der Waals surface area contributed by atoms with Crippen LogP contribution in [0.2, 0.25) is 0 Å². The number of rotatable bonds is 2. The molecular formula is C19H24N2O2. The Morgan fingerprint density at radius 2 is 1.96 bits per heavy atom. The third-order valence-electron chi connectivity index (χ3n) is 5.66. The average molecular weight is 312 g/mol. The topological polar surface area (TPSA) is 49.4 Å². The SMILES string of the molecule is C[C@H]1C(=O)N2CCCc3cc(NC(=O)C4CCCCC4)cc1c32. The molecule has 0 saturated heterocycles. The maximum Gasteiger partial charge on any atom is 0.234 e. The maximum atomic E-state index is 12.5. The predicted octanol–water partition coefficient (Wildman–Crippen LogP) is 3.60. The third kappa shape index (κ3) is 2.44. The molecule has 2 aliphatic heterocycles. The second-order valence-corrected chi connectivity index (χ2v) is 7.21. The van der Waals surface area contributed by atoms with Crippen molar-refractivity contribution in [3.63, 3.8) is 0 Å². The van der Waals surface area contributed by atoms with E-state index in [4.69, 9.17) is 0 Å². The van der Waals surface area contributed by atoms with Gasteiger partial charge in [0.05, 0.1) is 11.6 Å². The van der Waals surface area contributed by atoms with Crippen LogP contribution in [-0.4, -0.2) is 18.4 Å². The molecule has 4 heteroatoms. The van der Waals surface area contributed by atoms with Crippen molar-refractivity contribution in [2.45, 2.75) is 57.8 Å². The van der Waals surface area contributed by atoms with Crippen molar-refractivity contribution in [3.05, 3.63) is 23.3 Å². The van der Waals surface area contributed by atoms with Crippen LogP contribution in [0.1, 0.15) is 62.5 Å². The number of carbonyl (C=O) groups excluding carboxylic acids is 2. The highest BCUT2D eigenvalue weighted by Gasteiger charge is 2.38. The molecule has 1 N–H and O–H groups in total. The van der Waals surface area contributed by atoms with Crippen LogP contribution in [0.5, 0.6) is 0 Å². The van der Waals surface area contributed by atoms with Gasteiger partial charge in [-0.25, -0.2) is 0 Å². The van der Waals surface area contributed by atoms with E-state index in [1.165, 1.54) is 12.0 Å². The second kappa shape index (κ2) is 5.66. The Bertz CT molecular complexity index is 662. The molecule has 1 fully saturated rings. The van der Waals surface area contributed by atoms with Crippen molar-refractivity contribution in [1.82, 2.24) is 0 Å². The number of aryl methyl sites for hydroxylation is 1. The lowest BCUT2D eigenvalue weighted by Gasteiger charge is -2.26. The van der Waals surface area contributed by atoms with Gasteiger partial charge in [-0.3, -0.25) is 9.59 Å². The molecule has 0 aromatic heterocycles. The zero-order chi connectivity index (χ0) is 16.0. The van der Waals surface area contributed by atoms with Gasteiger partial charge in [0.1, 0.15) is 0 Å². The van der Waals surface area contributed by atoms with Gasteiger partial charge in [-0.1, -0.05) is 19.3 Å². The van der Waals surface area contributed by atoms with Crippen LogP contribution in [0.25, 0.3) is 0 Å². The molecule has 4 rings (SSSR count). The summed E-state index contributed by atoms with van der Waals surface area (Å²) < 4.78 is 0. The van der Waals surface area contributed by atoms with E-state index >= 15 is 0 Å². The summed E-state index contributed by atoms with van der Waals surface area (Å²) >= 11 is 0. The van der Waals surface area contributed by atoms with Gasteiger partial charge in [-0.15, -0.1) is 0 Å². The van der Waals surface area contributed by atoms with Crippen LogP contribution in [0, 0.1) is 5.92 Å². The molecule has 1 atom stereocenters. The van der Waals surface area contributed by atoms with E-state index in [9.17, 15) is 9.59 Å². The number of hydrogen-bond acceptors (Lipinski definition) is 2. The fourth-order valence-electron chi connectivity index (χ4n) is 4.38. The number of nitrogens with one attached hydrogen (secondary N) is 1. The van der Waals surface area contributed by atoms with E-state index < -0.39 is 0 Å². The molecule has 1 aliphatic carbocycles. The van der Waals surface area contributed by atoms with Gasteiger partial charge in [0.2, 0.25) is 11.8 Å². The molecule has 1 aromatic carbocycles. The first-order valence-electron chi connectivity index (χ1n) is 8.94. The van der Waals surface area contributed by atoms with Gasteiger partial charge < -0.3 is 10.2 Å². The van der Waals surface area contributed by atoms with Gasteiger partial charge in [-0.2, -0.15) is 0 Å². The standard InChI is InChI=1S/C19H24N2O2/c1-12-16-11-15(20-18(22)13-6-3-2-4-7-13)10-14-8-5-9-21(17(14)16)19(12)23/h10-13H,2-9H2,1H3,(H,20,22)/t12-/m1/s1. The van der Waals surface area contributed by atoms with Crippen molar-refractivity contribution < 1.29 is 9.59 Å². The zero-order valence-corrected chi connectivity index (χ0v) is 13.7. The monoisotopic (exact) mass is 312 g/mol. The summed E-state index contributed by atoms with van der Waals surface area (Å²) in [6.45, 7) is 2.81. The van der Waals surface area contributed by atoms with E-state index in [0.29, 0.717) is 0 Å². The lowest BCUT2D eigenvalue weighted by Crippen LogP contribution is -2.32. The van der Waals surface area contributed by atoms with Gasteiger partial charge in [0.15, 0.2) is 0 Å². The summed E-state index contributed by atoms with van der Waals surface area (Å²) in [6.07, 6.45) is 7.58. The number of nitrogens with zero attached hydrogens (tertiary/aromatic N) is 1. The summed E-state index contributed by atoms with van der Waals surface area (Å²) in [5.74, 6) is 0.426. The van der Waals surface area contributed by atoms with Crippen LogP contribution < -0.4 is 10.2 Å². The summed E-state index contributed by atoms with van der Waals surface area (Å²) in [6, 6.07) is 4.10. The van der Waals surface area contributed by atoms with Crippen molar-refractivity contribution in [2.24, 2.45) is 5.92 Å². The molecule has 2 amide bonds. The Hall–Kier alpha value is -1.84. The number of amides is 2. The molecular weight excluding hydrogens is 288 g/mol. The largest absolute Gasteiger partial charge is 0.326 e. The first-order chi connectivity index (χ1) is 11.1. The molecule has 2 heterocycles. The molecule has 0 radical (unpaired) electrons. The van der Waals surface area contributed by atoms with Crippen molar-refractivity contribution in [3.8, 4) is 0 Å². The minimum absolute atomic E-state index is 0.0895.